The normalized spacial score (nSPS) is 16.3. The number of carbonyl (C=O) groups is 1. The molecule has 0 aliphatic carbocycles. The molecule has 2 aromatic heterocycles. The van der Waals surface area contributed by atoms with E-state index in [-0.39, 0.29) is 35.9 Å². The highest BCUT2D eigenvalue weighted by molar-refractivity contribution is 7.89. The lowest BCUT2D eigenvalue weighted by Crippen LogP contribution is -2.36. The van der Waals surface area contributed by atoms with Crippen LogP contribution >= 0.6 is 0 Å². The zero-order chi connectivity index (χ0) is 30.6. The van der Waals surface area contributed by atoms with Crippen molar-refractivity contribution in [3.63, 3.8) is 0 Å². The van der Waals surface area contributed by atoms with Gasteiger partial charge >= 0.3 is 0 Å². The van der Waals surface area contributed by atoms with E-state index in [2.05, 4.69) is 21.4 Å². The summed E-state index contributed by atoms with van der Waals surface area (Å²) in [6.07, 6.45) is 6.47. The Labute approximate surface area is 251 Å². The summed E-state index contributed by atoms with van der Waals surface area (Å²) in [5, 5.41) is 12.2. The number of hydrogen-bond donors (Lipinski definition) is 1. The molecule has 10 heteroatoms. The average molecular weight is 594 g/mol. The molecule has 1 N–H and O–H groups in total. The fourth-order valence-corrected chi connectivity index (χ4v) is 6.50. The van der Waals surface area contributed by atoms with Gasteiger partial charge < -0.3 is 10.1 Å². The maximum Gasteiger partial charge on any atom is 0.249 e. The van der Waals surface area contributed by atoms with Crippen LogP contribution in [-0.2, 0) is 21.4 Å². The quantitative estimate of drug-likeness (QED) is 0.285. The van der Waals surface area contributed by atoms with Gasteiger partial charge in [0.05, 0.1) is 30.1 Å². The van der Waals surface area contributed by atoms with Crippen molar-refractivity contribution in [3.8, 4) is 11.9 Å². The predicted molar refractivity (Wildman–Crippen MR) is 164 cm³/mol. The fraction of sp³-hybridized carbons (Fsp3) is 0.212. The second kappa shape index (κ2) is 12.6. The van der Waals surface area contributed by atoms with Gasteiger partial charge in [-0.2, -0.15) is 9.57 Å². The van der Waals surface area contributed by atoms with Gasteiger partial charge in [-0.25, -0.2) is 13.4 Å². The molecule has 9 nitrogen and oxygen atoms in total. The second-order valence-electron chi connectivity index (χ2n) is 10.3. The minimum Gasteiger partial charge on any atom is -0.472 e. The van der Waals surface area contributed by atoms with E-state index in [1.165, 1.54) is 22.6 Å². The number of nitrogens with zero attached hydrogens (tertiary/aromatic N) is 4. The van der Waals surface area contributed by atoms with E-state index in [0.29, 0.717) is 23.2 Å². The van der Waals surface area contributed by atoms with Crippen molar-refractivity contribution in [2.24, 2.45) is 0 Å². The molecule has 43 heavy (non-hydrogen) atoms. The van der Waals surface area contributed by atoms with Crippen LogP contribution in [0.15, 0.2) is 90.2 Å². The highest BCUT2D eigenvalue weighted by Gasteiger charge is 2.35. The minimum atomic E-state index is -3.90. The summed E-state index contributed by atoms with van der Waals surface area (Å²) >= 11 is 0. The van der Waals surface area contributed by atoms with E-state index in [1.54, 1.807) is 42.7 Å². The number of pyridine rings is 2. The molecule has 0 saturated heterocycles. The first-order valence-electron chi connectivity index (χ1n) is 13.8. The van der Waals surface area contributed by atoms with Crippen molar-refractivity contribution in [1.82, 2.24) is 14.3 Å². The Balaban J connectivity index is 1.56. The van der Waals surface area contributed by atoms with Crippen LogP contribution in [0, 0.1) is 25.2 Å². The molecule has 3 heterocycles. The van der Waals surface area contributed by atoms with Crippen molar-refractivity contribution in [3.05, 3.63) is 119 Å². The van der Waals surface area contributed by atoms with Crippen molar-refractivity contribution in [2.75, 3.05) is 11.9 Å². The van der Waals surface area contributed by atoms with Crippen LogP contribution in [0.3, 0.4) is 0 Å². The lowest BCUT2D eigenvalue weighted by atomic mass is 9.91. The van der Waals surface area contributed by atoms with Gasteiger partial charge in [-0.05, 0) is 96.1 Å². The molecule has 1 aliphatic rings. The summed E-state index contributed by atoms with van der Waals surface area (Å²) in [6.45, 7) is 6.04. The molecule has 0 spiro atoms. The summed E-state index contributed by atoms with van der Waals surface area (Å²) in [5.74, 6) is -0.237. The van der Waals surface area contributed by atoms with E-state index < -0.39 is 10.0 Å². The number of aryl methyl sites for hydroxylation is 2. The number of hydrogen-bond acceptors (Lipinski definition) is 7. The summed E-state index contributed by atoms with van der Waals surface area (Å²) < 4.78 is 35.0. The number of fused-ring (bicyclic) bond motifs is 1. The van der Waals surface area contributed by atoms with Gasteiger partial charge in [0.1, 0.15) is 11.0 Å². The van der Waals surface area contributed by atoms with Gasteiger partial charge in [0.2, 0.25) is 21.8 Å². The molecule has 0 unspecified atom stereocenters. The molecule has 218 valence electrons. The number of nitrogens with one attached hydrogen (secondary N) is 1. The zero-order valence-corrected chi connectivity index (χ0v) is 24.9. The van der Waals surface area contributed by atoms with E-state index in [9.17, 15) is 18.5 Å². The first kappa shape index (κ1) is 29.6. The fourth-order valence-electron chi connectivity index (χ4n) is 4.98. The Morgan fingerprint density at radius 1 is 1.12 bits per heavy atom. The molecular formula is C33H31N5O4S. The van der Waals surface area contributed by atoms with Crippen LogP contribution in [0.25, 0.3) is 5.57 Å². The number of aromatic nitrogens is 2. The van der Waals surface area contributed by atoms with E-state index in [4.69, 9.17) is 4.74 Å². The standard InChI is InChI=1S/C33H31N5O4S/c1-4-28-21-38(43(40,41)31-8-6-14-36-33(31)42-28)20-26-16-25(11-9-22(26)2)30(29-12-10-24(18-34)15-23(29)3)17-32(39)37-27-7-5-13-35-19-27/h5-17,19,28H,4,20-21H2,1-3H3,(H,37,39)/b30-17+/t28-/m1/s1. The number of carbonyl (C=O) groups excluding carboxylic acids is 1. The number of anilines is 1. The van der Waals surface area contributed by atoms with Crippen molar-refractivity contribution >= 4 is 27.2 Å². The number of benzene rings is 2. The Kier molecular flexibility index (Phi) is 8.66. The number of sulfonamides is 1. The zero-order valence-electron chi connectivity index (χ0n) is 24.1. The molecule has 5 rings (SSSR count). The van der Waals surface area contributed by atoms with Crippen LogP contribution < -0.4 is 10.1 Å². The molecule has 1 aliphatic heterocycles. The predicted octanol–water partition coefficient (Wildman–Crippen LogP) is 5.40. The summed E-state index contributed by atoms with van der Waals surface area (Å²) in [6, 6.07) is 19.8. The van der Waals surface area contributed by atoms with Gasteiger partial charge in [-0.3, -0.25) is 9.78 Å². The number of amides is 1. The molecule has 4 aromatic rings. The monoisotopic (exact) mass is 593 g/mol. The molecule has 0 bridgehead atoms. The molecule has 0 radical (unpaired) electrons. The van der Waals surface area contributed by atoms with Gasteiger partial charge in [0.25, 0.3) is 0 Å². The third kappa shape index (κ3) is 6.48. The highest BCUT2D eigenvalue weighted by Crippen LogP contribution is 2.33. The van der Waals surface area contributed by atoms with Crippen LogP contribution in [0.2, 0.25) is 0 Å². The third-order valence-electron chi connectivity index (χ3n) is 7.35. The van der Waals surface area contributed by atoms with E-state index in [0.717, 1.165) is 27.8 Å². The van der Waals surface area contributed by atoms with E-state index in [1.807, 2.05) is 45.0 Å². The molecular weight excluding hydrogens is 562 g/mol. The minimum absolute atomic E-state index is 0.0422. The molecule has 1 amide bonds. The number of ether oxygens (including phenoxy) is 1. The Hall–Kier alpha value is -4.85. The highest BCUT2D eigenvalue weighted by atomic mass is 32.2. The Morgan fingerprint density at radius 3 is 2.65 bits per heavy atom. The first-order valence-corrected chi connectivity index (χ1v) is 15.3. The molecule has 0 saturated carbocycles. The van der Waals surface area contributed by atoms with Crippen LogP contribution in [-0.4, -0.2) is 41.2 Å². The van der Waals surface area contributed by atoms with Crippen molar-refractivity contribution < 1.29 is 17.9 Å². The molecule has 0 fully saturated rings. The topological polar surface area (TPSA) is 125 Å². The van der Waals surface area contributed by atoms with Crippen LogP contribution in [0.1, 0.15) is 46.7 Å². The second-order valence-corrected chi connectivity index (χ2v) is 12.2. The summed E-state index contributed by atoms with van der Waals surface area (Å²) in [5.41, 5.74) is 5.71. The maximum atomic E-state index is 13.8. The lowest BCUT2D eigenvalue weighted by Gasteiger charge is -2.23. The third-order valence-corrected chi connectivity index (χ3v) is 9.18. The van der Waals surface area contributed by atoms with Gasteiger partial charge in [-0.1, -0.05) is 25.1 Å². The Bertz CT molecular complexity index is 1850. The van der Waals surface area contributed by atoms with Gasteiger partial charge in [-0.15, -0.1) is 0 Å². The largest absolute Gasteiger partial charge is 0.472 e. The molecule has 2 aromatic carbocycles. The number of nitriles is 1. The molecule has 1 atom stereocenters. The lowest BCUT2D eigenvalue weighted by molar-refractivity contribution is -0.111. The Morgan fingerprint density at radius 2 is 1.93 bits per heavy atom. The van der Waals surface area contributed by atoms with Crippen LogP contribution in [0.5, 0.6) is 5.88 Å². The summed E-state index contributed by atoms with van der Waals surface area (Å²) in [4.78, 5) is 21.5. The van der Waals surface area contributed by atoms with Crippen LogP contribution in [0.4, 0.5) is 5.69 Å². The SMILES string of the molecule is CC[C@@H]1CN(Cc2cc(/C(=C\C(=O)Nc3cccnc3)c3ccc(C#N)cc3C)ccc2C)S(=O)(=O)c2cccnc2O1. The van der Waals surface area contributed by atoms with Gasteiger partial charge in [0, 0.05) is 25.0 Å². The number of rotatable bonds is 7. The van der Waals surface area contributed by atoms with Crippen molar-refractivity contribution in [1.29, 1.82) is 5.26 Å². The summed E-state index contributed by atoms with van der Waals surface area (Å²) in [7, 11) is -3.90. The first-order chi connectivity index (χ1) is 20.7. The van der Waals surface area contributed by atoms with Gasteiger partial charge in [0.15, 0.2) is 0 Å². The average Bonchev–Trinajstić information content (AvgIpc) is 3.11. The maximum absolute atomic E-state index is 13.8. The smallest absolute Gasteiger partial charge is 0.249 e. The van der Waals surface area contributed by atoms with E-state index >= 15 is 0 Å². The van der Waals surface area contributed by atoms with Crippen molar-refractivity contribution in [2.45, 2.75) is 44.7 Å².